The Morgan fingerprint density at radius 1 is 1.29 bits per heavy atom. The van der Waals surface area contributed by atoms with Gasteiger partial charge in [-0.25, -0.2) is 0 Å². The van der Waals surface area contributed by atoms with Crippen molar-refractivity contribution in [1.82, 2.24) is 0 Å². The molecule has 1 fully saturated rings. The van der Waals surface area contributed by atoms with Crippen molar-refractivity contribution in [1.29, 1.82) is 0 Å². The summed E-state index contributed by atoms with van der Waals surface area (Å²) in [4.78, 5) is 0. The highest BCUT2D eigenvalue weighted by Crippen LogP contribution is 2.42. The Balaban J connectivity index is 2.23. The molecule has 1 aromatic rings. The van der Waals surface area contributed by atoms with Crippen LogP contribution in [0.1, 0.15) is 25.3 Å². The van der Waals surface area contributed by atoms with Crippen molar-refractivity contribution in [2.75, 3.05) is 14.2 Å². The zero-order chi connectivity index (χ0) is 12.5. The predicted octanol–water partition coefficient (Wildman–Crippen LogP) is 2.41. The number of rotatable bonds is 5. The second-order valence-corrected chi connectivity index (χ2v) is 4.99. The van der Waals surface area contributed by atoms with Crippen LogP contribution in [-0.2, 0) is 6.42 Å². The maximum absolute atomic E-state index is 10.4. The smallest absolute Gasteiger partial charge is 0.122 e. The molecule has 1 aliphatic rings. The molecule has 1 saturated carbocycles. The number of benzene rings is 1. The van der Waals surface area contributed by atoms with E-state index in [0.717, 1.165) is 29.9 Å². The van der Waals surface area contributed by atoms with Crippen molar-refractivity contribution in [3.8, 4) is 11.5 Å². The highest BCUT2D eigenvalue weighted by Gasteiger charge is 2.40. The van der Waals surface area contributed by atoms with Gasteiger partial charge in [0.1, 0.15) is 11.5 Å². The summed E-state index contributed by atoms with van der Waals surface area (Å²) in [6.45, 7) is 1.91. The van der Waals surface area contributed by atoms with E-state index < -0.39 is 5.60 Å². The van der Waals surface area contributed by atoms with Gasteiger partial charge in [-0.05, 0) is 43.9 Å². The summed E-state index contributed by atoms with van der Waals surface area (Å²) in [5.74, 6) is 2.04. The topological polar surface area (TPSA) is 38.7 Å². The molecule has 17 heavy (non-hydrogen) atoms. The van der Waals surface area contributed by atoms with Gasteiger partial charge in [0.15, 0.2) is 0 Å². The predicted molar refractivity (Wildman–Crippen MR) is 66.6 cm³/mol. The molecule has 0 bridgehead atoms. The van der Waals surface area contributed by atoms with E-state index in [1.807, 2.05) is 25.1 Å². The van der Waals surface area contributed by atoms with Crippen LogP contribution in [0.2, 0.25) is 0 Å². The molecular formula is C14H20O3. The van der Waals surface area contributed by atoms with Crippen LogP contribution in [0.4, 0.5) is 0 Å². The molecule has 1 unspecified atom stereocenters. The van der Waals surface area contributed by atoms with Crippen molar-refractivity contribution in [3.05, 3.63) is 23.8 Å². The van der Waals surface area contributed by atoms with Gasteiger partial charge in [-0.2, -0.15) is 0 Å². The Labute approximate surface area is 102 Å². The van der Waals surface area contributed by atoms with Gasteiger partial charge in [-0.1, -0.05) is 0 Å². The van der Waals surface area contributed by atoms with Gasteiger partial charge < -0.3 is 14.6 Å². The van der Waals surface area contributed by atoms with Crippen molar-refractivity contribution < 1.29 is 14.6 Å². The Hall–Kier alpha value is -1.22. The van der Waals surface area contributed by atoms with Crippen LogP contribution >= 0.6 is 0 Å². The van der Waals surface area contributed by atoms with Gasteiger partial charge in [-0.15, -0.1) is 0 Å². The summed E-state index contributed by atoms with van der Waals surface area (Å²) in [5, 5.41) is 10.4. The molecule has 1 aromatic carbocycles. The van der Waals surface area contributed by atoms with Crippen molar-refractivity contribution in [2.24, 2.45) is 5.92 Å². The van der Waals surface area contributed by atoms with Crippen LogP contribution in [0.5, 0.6) is 11.5 Å². The molecule has 3 nitrogen and oxygen atoms in total. The molecule has 1 atom stereocenters. The Bertz CT molecular complexity index is 394. The van der Waals surface area contributed by atoms with Gasteiger partial charge in [0.25, 0.3) is 0 Å². The lowest BCUT2D eigenvalue weighted by Crippen LogP contribution is -2.29. The number of hydrogen-bond acceptors (Lipinski definition) is 3. The normalized spacial score (nSPS) is 18.6. The van der Waals surface area contributed by atoms with E-state index in [1.165, 1.54) is 0 Å². The standard InChI is InChI=1S/C14H20O3/c1-14(15,11-4-5-11)9-10-8-12(16-2)6-7-13(10)17-3/h6-8,11,15H,4-5,9H2,1-3H3. The van der Waals surface area contributed by atoms with E-state index in [9.17, 15) is 5.11 Å². The zero-order valence-electron chi connectivity index (χ0n) is 10.7. The fourth-order valence-electron chi connectivity index (χ4n) is 2.26. The summed E-state index contributed by atoms with van der Waals surface area (Å²) in [6.07, 6.45) is 2.86. The molecule has 1 aliphatic carbocycles. The number of hydrogen-bond donors (Lipinski definition) is 1. The summed E-state index contributed by atoms with van der Waals surface area (Å²) in [6, 6.07) is 5.70. The molecule has 3 heteroatoms. The Morgan fingerprint density at radius 3 is 2.53 bits per heavy atom. The van der Waals surface area contributed by atoms with E-state index in [1.54, 1.807) is 14.2 Å². The minimum absolute atomic E-state index is 0.429. The third-order valence-electron chi connectivity index (χ3n) is 3.49. The van der Waals surface area contributed by atoms with Crippen LogP contribution in [0.25, 0.3) is 0 Å². The lowest BCUT2D eigenvalue weighted by atomic mass is 9.91. The number of ether oxygens (including phenoxy) is 2. The van der Waals surface area contributed by atoms with Crippen LogP contribution in [0.15, 0.2) is 18.2 Å². The molecule has 0 heterocycles. The third kappa shape index (κ3) is 2.72. The minimum atomic E-state index is -0.639. The first-order valence-electron chi connectivity index (χ1n) is 6.00. The van der Waals surface area contributed by atoms with Crippen molar-refractivity contribution in [3.63, 3.8) is 0 Å². The maximum atomic E-state index is 10.4. The molecule has 0 amide bonds. The van der Waals surface area contributed by atoms with Crippen molar-refractivity contribution in [2.45, 2.75) is 31.8 Å². The van der Waals surface area contributed by atoms with Crippen LogP contribution in [0, 0.1) is 5.92 Å². The van der Waals surface area contributed by atoms with Gasteiger partial charge in [0.2, 0.25) is 0 Å². The summed E-state index contributed by atoms with van der Waals surface area (Å²) in [5.41, 5.74) is 0.364. The third-order valence-corrected chi connectivity index (χ3v) is 3.49. The maximum Gasteiger partial charge on any atom is 0.122 e. The lowest BCUT2D eigenvalue weighted by Gasteiger charge is -2.24. The Kier molecular flexibility index (Phi) is 3.29. The molecule has 0 radical (unpaired) electrons. The number of methoxy groups -OCH3 is 2. The summed E-state index contributed by atoms with van der Waals surface area (Å²) >= 11 is 0. The molecule has 94 valence electrons. The zero-order valence-corrected chi connectivity index (χ0v) is 10.7. The average Bonchev–Trinajstić information content (AvgIpc) is 3.12. The molecule has 0 saturated heterocycles. The first-order chi connectivity index (χ1) is 8.06. The fraction of sp³-hybridized carbons (Fsp3) is 0.571. The summed E-state index contributed by atoms with van der Waals surface area (Å²) in [7, 11) is 3.29. The highest BCUT2D eigenvalue weighted by atomic mass is 16.5. The highest BCUT2D eigenvalue weighted by molar-refractivity contribution is 5.41. The van der Waals surface area contributed by atoms with Gasteiger partial charge in [0.05, 0.1) is 19.8 Å². The van der Waals surface area contributed by atoms with E-state index in [2.05, 4.69) is 0 Å². The van der Waals surface area contributed by atoms with Gasteiger partial charge in [-0.3, -0.25) is 0 Å². The largest absolute Gasteiger partial charge is 0.497 e. The van der Waals surface area contributed by atoms with E-state index >= 15 is 0 Å². The van der Waals surface area contributed by atoms with Crippen LogP contribution in [0.3, 0.4) is 0 Å². The van der Waals surface area contributed by atoms with E-state index in [4.69, 9.17) is 9.47 Å². The first-order valence-corrected chi connectivity index (χ1v) is 6.00. The average molecular weight is 236 g/mol. The monoisotopic (exact) mass is 236 g/mol. The second-order valence-electron chi connectivity index (χ2n) is 4.99. The Morgan fingerprint density at radius 2 is 2.00 bits per heavy atom. The minimum Gasteiger partial charge on any atom is -0.497 e. The quantitative estimate of drug-likeness (QED) is 0.853. The number of aliphatic hydroxyl groups is 1. The first kappa shape index (κ1) is 12.2. The second kappa shape index (κ2) is 4.57. The van der Waals surface area contributed by atoms with E-state index in [-0.39, 0.29) is 0 Å². The molecule has 0 aromatic heterocycles. The molecule has 0 aliphatic heterocycles. The molecule has 2 rings (SSSR count). The fourth-order valence-corrected chi connectivity index (χ4v) is 2.26. The SMILES string of the molecule is COc1ccc(OC)c(CC(C)(O)C2CC2)c1. The van der Waals surface area contributed by atoms with Crippen LogP contribution < -0.4 is 9.47 Å². The lowest BCUT2D eigenvalue weighted by molar-refractivity contribution is 0.0366. The summed E-state index contributed by atoms with van der Waals surface area (Å²) < 4.78 is 10.5. The van der Waals surface area contributed by atoms with Gasteiger partial charge >= 0.3 is 0 Å². The van der Waals surface area contributed by atoms with Crippen molar-refractivity contribution >= 4 is 0 Å². The molecular weight excluding hydrogens is 216 g/mol. The molecule has 1 N–H and O–H groups in total. The molecule has 0 spiro atoms. The van der Waals surface area contributed by atoms with E-state index in [0.29, 0.717) is 12.3 Å². The van der Waals surface area contributed by atoms with Gasteiger partial charge in [0, 0.05) is 12.0 Å². The van der Waals surface area contributed by atoms with Crippen LogP contribution in [-0.4, -0.2) is 24.9 Å².